The van der Waals surface area contributed by atoms with Gasteiger partial charge in [0.15, 0.2) is 0 Å². The Morgan fingerprint density at radius 2 is 2.04 bits per heavy atom. The molecule has 0 unspecified atom stereocenters. The Balaban J connectivity index is 2.12. The number of amides is 1. The summed E-state index contributed by atoms with van der Waals surface area (Å²) in [5, 5.41) is 5.50. The highest BCUT2D eigenvalue weighted by atomic mass is 35.5. The fraction of sp³-hybridized carbons (Fsp3) is 0.357. The molecule has 1 N–H and O–H groups in total. The van der Waals surface area contributed by atoms with Crippen LogP contribution in [0.2, 0.25) is 5.02 Å². The first-order valence-electron chi connectivity index (χ1n) is 6.96. The Hall–Kier alpha value is -2.36. The quantitative estimate of drug-likeness (QED) is 0.827. The van der Waals surface area contributed by atoms with Crippen molar-refractivity contribution in [2.45, 2.75) is 25.7 Å². The number of nitrogens with one attached hydrogen (secondary N) is 1. The third-order valence-corrected chi connectivity index (χ3v) is 3.72. The molecular weight excluding hydrogens is 368 g/mol. The van der Waals surface area contributed by atoms with Gasteiger partial charge >= 0.3 is 11.9 Å². The SMILES string of the molecule is C[C@H](NC(=O)Cn1nc(C(F)(F)F)n(C)c1=O)c1ccc(Cl)c(F)c1. The van der Waals surface area contributed by atoms with E-state index < -0.39 is 42.0 Å². The molecule has 0 aliphatic heterocycles. The van der Waals surface area contributed by atoms with Crippen LogP contribution in [0.15, 0.2) is 23.0 Å². The van der Waals surface area contributed by atoms with E-state index in [4.69, 9.17) is 11.6 Å². The Labute approximate surface area is 144 Å². The first-order valence-corrected chi connectivity index (χ1v) is 7.34. The summed E-state index contributed by atoms with van der Waals surface area (Å²) in [6.45, 7) is 0.839. The van der Waals surface area contributed by atoms with E-state index in [0.717, 1.165) is 13.1 Å². The molecule has 0 bridgehead atoms. The zero-order chi connectivity index (χ0) is 18.9. The van der Waals surface area contributed by atoms with Gasteiger partial charge in [0.05, 0.1) is 11.1 Å². The highest BCUT2D eigenvalue weighted by Gasteiger charge is 2.38. The van der Waals surface area contributed by atoms with Gasteiger partial charge in [-0.2, -0.15) is 13.2 Å². The second kappa shape index (κ2) is 6.87. The fourth-order valence-electron chi connectivity index (χ4n) is 2.13. The van der Waals surface area contributed by atoms with Gasteiger partial charge in [-0.15, -0.1) is 5.10 Å². The van der Waals surface area contributed by atoms with Crippen LogP contribution in [0.4, 0.5) is 17.6 Å². The average Bonchev–Trinajstić information content (AvgIpc) is 2.78. The van der Waals surface area contributed by atoms with E-state index in [9.17, 15) is 27.2 Å². The van der Waals surface area contributed by atoms with Crippen molar-refractivity contribution in [3.8, 4) is 0 Å². The van der Waals surface area contributed by atoms with Crippen LogP contribution in [-0.2, 0) is 24.6 Å². The predicted molar refractivity (Wildman–Crippen MR) is 80.4 cm³/mol. The highest BCUT2D eigenvalue weighted by molar-refractivity contribution is 6.30. The van der Waals surface area contributed by atoms with Crippen molar-refractivity contribution in [1.29, 1.82) is 0 Å². The molecule has 1 amide bonds. The van der Waals surface area contributed by atoms with E-state index in [0.29, 0.717) is 14.8 Å². The maximum absolute atomic E-state index is 13.4. The van der Waals surface area contributed by atoms with Gasteiger partial charge in [0.25, 0.3) is 0 Å². The maximum atomic E-state index is 13.4. The smallest absolute Gasteiger partial charge is 0.348 e. The summed E-state index contributed by atoms with van der Waals surface area (Å²) in [4.78, 5) is 23.7. The number of carbonyl (C=O) groups is 1. The molecule has 2 aromatic rings. The van der Waals surface area contributed by atoms with E-state index in [2.05, 4.69) is 10.4 Å². The number of halogens is 5. The predicted octanol–water partition coefficient (Wildman–Crippen LogP) is 2.27. The second-order valence-electron chi connectivity index (χ2n) is 5.28. The molecule has 0 aliphatic carbocycles. The van der Waals surface area contributed by atoms with Crippen LogP contribution in [0, 0.1) is 5.82 Å². The van der Waals surface area contributed by atoms with Gasteiger partial charge in [0, 0.05) is 7.05 Å². The van der Waals surface area contributed by atoms with Gasteiger partial charge in [-0.05, 0) is 24.6 Å². The summed E-state index contributed by atoms with van der Waals surface area (Å²) < 4.78 is 52.2. The van der Waals surface area contributed by atoms with Gasteiger partial charge in [-0.3, -0.25) is 9.36 Å². The lowest BCUT2D eigenvalue weighted by Crippen LogP contribution is -2.34. The van der Waals surface area contributed by atoms with Gasteiger partial charge in [0.2, 0.25) is 11.7 Å². The third-order valence-electron chi connectivity index (χ3n) is 3.41. The first-order chi connectivity index (χ1) is 11.5. The standard InChI is InChI=1S/C14H13ClF4N4O2/c1-7(8-3-4-9(15)10(16)5-8)20-11(24)6-23-13(25)22(2)12(21-23)14(17,18)19/h3-5,7H,6H2,1-2H3,(H,20,24)/t7-/m0/s1. The molecular formula is C14H13ClF4N4O2. The van der Waals surface area contributed by atoms with E-state index in [-0.39, 0.29) is 5.02 Å². The molecule has 1 atom stereocenters. The Morgan fingerprint density at radius 3 is 2.56 bits per heavy atom. The largest absolute Gasteiger partial charge is 0.451 e. The molecule has 11 heteroatoms. The lowest BCUT2D eigenvalue weighted by molar-refractivity contribution is -0.147. The number of nitrogens with zero attached hydrogens (tertiary/aromatic N) is 3. The second-order valence-corrected chi connectivity index (χ2v) is 5.69. The van der Waals surface area contributed by atoms with Crippen molar-refractivity contribution >= 4 is 17.5 Å². The molecule has 1 heterocycles. The number of hydrogen-bond donors (Lipinski definition) is 1. The van der Waals surface area contributed by atoms with E-state index >= 15 is 0 Å². The summed E-state index contributed by atoms with van der Waals surface area (Å²) in [7, 11) is 0.908. The molecule has 1 aromatic heterocycles. The van der Waals surface area contributed by atoms with Crippen LogP contribution in [0.1, 0.15) is 24.4 Å². The van der Waals surface area contributed by atoms with E-state index in [1.165, 1.54) is 12.1 Å². The number of hydrogen-bond acceptors (Lipinski definition) is 3. The summed E-state index contributed by atoms with van der Waals surface area (Å²) in [6.07, 6.45) is -4.82. The monoisotopic (exact) mass is 380 g/mol. The van der Waals surface area contributed by atoms with Crippen LogP contribution < -0.4 is 11.0 Å². The minimum atomic E-state index is -4.82. The van der Waals surface area contributed by atoms with Gasteiger partial charge in [-0.25, -0.2) is 13.9 Å². The number of aromatic nitrogens is 3. The number of rotatable bonds is 4. The molecule has 2 rings (SSSR count). The Kier molecular flexibility index (Phi) is 5.21. The molecule has 136 valence electrons. The number of benzene rings is 1. The van der Waals surface area contributed by atoms with E-state index in [1.807, 2.05) is 0 Å². The Bertz CT molecular complexity index is 859. The normalized spacial score (nSPS) is 12.9. The van der Waals surface area contributed by atoms with Crippen molar-refractivity contribution in [2.75, 3.05) is 0 Å². The molecule has 6 nitrogen and oxygen atoms in total. The summed E-state index contributed by atoms with van der Waals surface area (Å²) >= 11 is 5.57. The molecule has 0 aliphatic rings. The van der Waals surface area contributed by atoms with Crippen LogP contribution >= 0.6 is 11.6 Å². The maximum Gasteiger partial charge on any atom is 0.451 e. The minimum absolute atomic E-state index is 0.0815. The van der Waals surface area contributed by atoms with Crippen LogP contribution in [0.25, 0.3) is 0 Å². The lowest BCUT2D eigenvalue weighted by Gasteiger charge is -2.14. The minimum Gasteiger partial charge on any atom is -0.348 e. The molecule has 0 spiro atoms. The third kappa shape index (κ3) is 4.19. The number of carbonyl (C=O) groups excluding carboxylic acids is 1. The Morgan fingerprint density at radius 1 is 1.40 bits per heavy atom. The zero-order valence-corrected chi connectivity index (χ0v) is 13.8. The van der Waals surface area contributed by atoms with Crippen molar-refractivity contribution in [1.82, 2.24) is 19.7 Å². The number of alkyl halides is 3. The molecule has 25 heavy (non-hydrogen) atoms. The van der Waals surface area contributed by atoms with Gasteiger partial charge in [-0.1, -0.05) is 17.7 Å². The fourth-order valence-corrected chi connectivity index (χ4v) is 2.24. The summed E-state index contributed by atoms with van der Waals surface area (Å²) in [5.74, 6) is -2.83. The van der Waals surface area contributed by atoms with Crippen molar-refractivity contribution < 1.29 is 22.4 Å². The van der Waals surface area contributed by atoms with Crippen LogP contribution in [0.3, 0.4) is 0 Å². The summed E-state index contributed by atoms with van der Waals surface area (Å²) in [6, 6.07) is 3.28. The topological polar surface area (TPSA) is 68.9 Å². The molecule has 0 saturated carbocycles. The summed E-state index contributed by atoms with van der Waals surface area (Å²) in [5.41, 5.74) is -0.674. The average molecular weight is 381 g/mol. The van der Waals surface area contributed by atoms with Crippen LogP contribution in [-0.4, -0.2) is 20.3 Å². The van der Waals surface area contributed by atoms with Gasteiger partial charge in [0.1, 0.15) is 12.4 Å². The molecule has 0 radical (unpaired) electrons. The van der Waals surface area contributed by atoms with Crippen molar-refractivity contribution in [3.63, 3.8) is 0 Å². The van der Waals surface area contributed by atoms with E-state index in [1.54, 1.807) is 6.92 Å². The molecule has 0 fully saturated rings. The van der Waals surface area contributed by atoms with Gasteiger partial charge < -0.3 is 5.32 Å². The zero-order valence-electron chi connectivity index (χ0n) is 13.1. The van der Waals surface area contributed by atoms with Crippen LogP contribution in [0.5, 0.6) is 0 Å². The lowest BCUT2D eigenvalue weighted by atomic mass is 10.1. The van der Waals surface area contributed by atoms with Crippen molar-refractivity contribution in [2.24, 2.45) is 7.05 Å². The molecule has 1 aromatic carbocycles. The highest BCUT2D eigenvalue weighted by Crippen LogP contribution is 2.26. The van der Waals surface area contributed by atoms with Crippen molar-refractivity contribution in [3.05, 3.63) is 50.9 Å². The first kappa shape index (κ1) is 19.0. The molecule has 0 saturated heterocycles.